The van der Waals surface area contributed by atoms with Crippen LogP contribution in [0.25, 0.3) is 0 Å². The van der Waals surface area contributed by atoms with Crippen LogP contribution in [0, 0.1) is 19.8 Å². The topological polar surface area (TPSA) is 71.3 Å². The molecule has 2 atom stereocenters. The van der Waals surface area contributed by atoms with Gasteiger partial charge in [-0.3, -0.25) is 14.3 Å². The number of piperidine rings is 1. The lowest BCUT2D eigenvalue weighted by molar-refractivity contribution is -0.140. The second-order valence-corrected chi connectivity index (χ2v) is 7.97. The highest BCUT2D eigenvalue weighted by Crippen LogP contribution is 2.31. The fourth-order valence-electron chi connectivity index (χ4n) is 4.15. The van der Waals surface area contributed by atoms with Crippen LogP contribution in [-0.2, 0) is 18.4 Å². The molecule has 26 heavy (non-hydrogen) atoms. The summed E-state index contributed by atoms with van der Waals surface area (Å²) < 4.78 is 1.74. The molecule has 2 bridgehead atoms. The number of hydrogen-bond acceptors (Lipinski definition) is 5. The molecule has 5 heterocycles. The fraction of sp³-hybridized carbons (Fsp3) is 0.556. The van der Waals surface area contributed by atoms with E-state index in [0.717, 1.165) is 29.9 Å². The third-order valence-corrected chi connectivity index (χ3v) is 6.25. The summed E-state index contributed by atoms with van der Waals surface area (Å²) in [4.78, 5) is 34.2. The molecule has 5 rings (SSSR count). The Morgan fingerprint density at radius 1 is 1.31 bits per heavy atom. The summed E-state index contributed by atoms with van der Waals surface area (Å²) in [7, 11) is 1.85. The van der Waals surface area contributed by atoms with E-state index in [0.29, 0.717) is 25.2 Å². The van der Waals surface area contributed by atoms with Crippen molar-refractivity contribution in [3.63, 3.8) is 0 Å². The number of carbonyl (C=O) groups is 2. The molecule has 138 valence electrons. The number of thiazole rings is 1. The van der Waals surface area contributed by atoms with Crippen LogP contribution in [0.2, 0.25) is 0 Å². The second kappa shape index (κ2) is 6.50. The summed E-state index contributed by atoms with van der Waals surface area (Å²) in [6.07, 6.45) is 1.79. The van der Waals surface area contributed by atoms with Gasteiger partial charge >= 0.3 is 0 Å². The summed E-state index contributed by atoms with van der Waals surface area (Å²) in [5.74, 6) is 0.0334. The molecule has 3 aliphatic rings. The van der Waals surface area contributed by atoms with E-state index in [4.69, 9.17) is 0 Å². The molecule has 2 aromatic rings. The molecule has 3 aliphatic heterocycles. The summed E-state index contributed by atoms with van der Waals surface area (Å²) in [5, 5.41) is 6.35. The maximum Gasteiger partial charge on any atom is 0.257 e. The van der Waals surface area contributed by atoms with Gasteiger partial charge in [-0.15, -0.1) is 11.3 Å². The average Bonchev–Trinajstić information content (AvgIpc) is 3.09. The van der Waals surface area contributed by atoms with Gasteiger partial charge in [0.15, 0.2) is 0 Å². The van der Waals surface area contributed by atoms with Gasteiger partial charge in [-0.1, -0.05) is 0 Å². The summed E-state index contributed by atoms with van der Waals surface area (Å²) in [6.45, 7) is 5.40. The molecule has 0 aromatic carbocycles. The molecule has 7 nitrogen and oxygen atoms in total. The Morgan fingerprint density at radius 3 is 2.77 bits per heavy atom. The zero-order valence-electron chi connectivity index (χ0n) is 15.3. The largest absolute Gasteiger partial charge is 0.336 e. The Hall–Kier alpha value is -2.22. The van der Waals surface area contributed by atoms with Crippen LogP contribution in [0.5, 0.6) is 0 Å². The number of fused-ring (bicyclic) bond motifs is 4. The predicted octanol–water partition coefficient (Wildman–Crippen LogP) is 1.76. The van der Waals surface area contributed by atoms with Crippen molar-refractivity contribution in [2.24, 2.45) is 13.0 Å². The average molecular weight is 373 g/mol. The van der Waals surface area contributed by atoms with Crippen molar-refractivity contribution < 1.29 is 9.59 Å². The molecule has 0 unspecified atom stereocenters. The molecule has 0 saturated carbocycles. The minimum absolute atomic E-state index is 0.00620. The zero-order valence-corrected chi connectivity index (χ0v) is 16.1. The first-order chi connectivity index (χ1) is 12.5. The minimum Gasteiger partial charge on any atom is -0.336 e. The maximum absolute atomic E-state index is 13.2. The van der Waals surface area contributed by atoms with Crippen LogP contribution < -0.4 is 0 Å². The second-order valence-electron chi connectivity index (χ2n) is 7.25. The Kier molecular flexibility index (Phi) is 4.30. The molecule has 0 radical (unpaired) electrons. The van der Waals surface area contributed by atoms with E-state index in [2.05, 4.69) is 10.1 Å². The lowest BCUT2D eigenvalue weighted by Crippen LogP contribution is -2.47. The molecule has 0 spiro atoms. The van der Waals surface area contributed by atoms with E-state index in [1.165, 1.54) is 0 Å². The molecule has 2 aromatic heterocycles. The van der Waals surface area contributed by atoms with Crippen LogP contribution in [0.1, 0.15) is 40.3 Å². The van der Waals surface area contributed by atoms with Crippen LogP contribution in [0.15, 0.2) is 10.9 Å². The normalized spacial score (nSPS) is 22.8. The first kappa shape index (κ1) is 17.2. The zero-order chi connectivity index (χ0) is 18.4. The van der Waals surface area contributed by atoms with Crippen molar-refractivity contribution in [3.05, 3.63) is 33.5 Å². The standard InChI is InChI=1S/C18H23N5O2S/c1-11-16(12(2)21(3)20-11)18(25)22-6-13-4-5-15(8-22)23(17(13)24)7-14-9-26-10-19-14/h9-10,13,15H,4-8H2,1-3H3/t13-,15+/m0/s1. The van der Waals surface area contributed by atoms with Gasteiger partial charge in [0.25, 0.3) is 5.91 Å². The lowest BCUT2D eigenvalue weighted by atomic mass is 9.94. The van der Waals surface area contributed by atoms with Gasteiger partial charge in [-0.2, -0.15) is 5.10 Å². The highest BCUT2D eigenvalue weighted by molar-refractivity contribution is 7.07. The number of aryl methyl sites for hydroxylation is 2. The Labute approximate surface area is 156 Å². The first-order valence-electron chi connectivity index (χ1n) is 8.92. The third kappa shape index (κ3) is 2.82. The Balaban J connectivity index is 1.59. The predicted molar refractivity (Wildman–Crippen MR) is 97.8 cm³/mol. The smallest absolute Gasteiger partial charge is 0.257 e. The van der Waals surface area contributed by atoms with Gasteiger partial charge < -0.3 is 9.80 Å². The Morgan fingerprint density at radius 2 is 2.12 bits per heavy atom. The SMILES string of the molecule is Cc1nn(C)c(C)c1C(=O)N1C[C@@H]2CC[C@H](C1)N(Cc1cscn1)C2=O. The monoisotopic (exact) mass is 373 g/mol. The van der Waals surface area contributed by atoms with Crippen molar-refractivity contribution >= 4 is 23.2 Å². The quantitative estimate of drug-likeness (QED) is 0.822. The molecule has 3 saturated heterocycles. The fourth-order valence-corrected chi connectivity index (χ4v) is 4.70. The van der Waals surface area contributed by atoms with Gasteiger partial charge in [0.1, 0.15) is 0 Å². The van der Waals surface area contributed by atoms with Crippen LogP contribution in [0.4, 0.5) is 0 Å². The first-order valence-corrected chi connectivity index (χ1v) is 9.87. The van der Waals surface area contributed by atoms with Crippen molar-refractivity contribution in [3.8, 4) is 0 Å². The van der Waals surface area contributed by atoms with Crippen LogP contribution >= 0.6 is 11.3 Å². The lowest BCUT2D eigenvalue weighted by Gasteiger charge is -2.35. The van der Waals surface area contributed by atoms with Gasteiger partial charge in [0, 0.05) is 37.3 Å². The highest BCUT2D eigenvalue weighted by atomic mass is 32.1. The molecular formula is C18H23N5O2S. The van der Waals surface area contributed by atoms with E-state index in [1.54, 1.807) is 21.5 Å². The summed E-state index contributed by atoms with van der Waals surface area (Å²) in [6, 6.07) is 0.0594. The molecular weight excluding hydrogens is 350 g/mol. The van der Waals surface area contributed by atoms with Crippen molar-refractivity contribution in [1.82, 2.24) is 24.6 Å². The van der Waals surface area contributed by atoms with Gasteiger partial charge in [-0.25, -0.2) is 4.98 Å². The van der Waals surface area contributed by atoms with Gasteiger partial charge in [-0.05, 0) is 26.7 Å². The molecule has 0 N–H and O–H groups in total. The number of carbonyl (C=O) groups excluding carboxylic acids is 2. The number of amides is 2. The number of hydrogen-bond donors (Lipinski definition) is 0. The van der Waals surface area contributed by atoms with E-state index in [-0.39, 0.29) is 23.8 Å². The van der Waals surface area contributed by atoms with E-state index in [9.17, 15) is 9.59 Å². The number of aromatic nitrogens is 3. The van der Waals surface area contributed by atoms with E-state index in [1.807, 2.05) is 36.1 Å². The third-order valence-electron chi connectivity index (χ3n) is 5.62. The van der Waals surface area contributed by atoms with Gasteiger partial charge in [0.2, 0.25) is 5.91 Å². The maximum atomic E-state index is 13.2. The Bertz CT molecular complexity index is 844. The number of rotatable bonds is 3. The van der Waals surface area contributed by atoms with Crippen molar-refractivity contribution in [2.75, 3.05) is 13.1 Å². The molecule has 8 heteroatoms. The van der Waals surface area contributed by atoms with Crippen molar-refractivity contribution in [1.29, 1.82) is 0 Å². The summed E-state index contributed by atoms with van der Waals surface area (Å²) in [5.41, 5.74) is 5.01. The van der Waals surface area contributed by atoms with E-state index >= 15 is 0 Å². The summed E-state index contributed by atoms with van der Waals surface area (Å²) >= 11 is 1.54. The number of nitrogens with zero attached hydrogens (tertiary/aromatic N) is 5. The molecule has 0 aliphatic carbocycles. The highest BCUT2D eigenvalue weighted by Gasteiger charge is 2.42. The van der Waals surface area contributed by atoms with Gasteiger partial charge in [0.05, 0.1) is 34.9 Å². The van der Waals surface area contributed by atoms with E-state index < -0.39 is 0 Å². The van der Waals surface area contributed by atoms with Crippen LogP contribution in [0.3, 0.4) is 0 Å². The minimum atomic E-state index is -0.117. The molecule has 3 fully saturated rings. The van der Waals surface area contributed by atoms with Crippen LogP contribution in [-0.4, -0.2) is 55.5 Å². The molecule has 2 amide bonds. The van der Waals surface area contributed by atoms with Crippen molar-refractivity contribution in [2.45, 2.75) is 39.3 Å².